The van der Waals surface area contributed by atoms with Crippen LogP contribution in [0.5, 0.6) is 11.5 Å². The second-order valence-electron chi connectivity index (χ2n) is 12.3. The first-order valence-corrected chi connectivity index (χ1v) is 14.9. The molecule has 1 aliphatic carbocycles. The molecule has 12 heteroatoms. The molecule has 1 fully saturated rings. The molecule has 0 spiro atoms. The van der Waals surface area contributed by atoms with Crippen LogP contribution in [0.15, 0.2) is 24.4 Å². The van der Waals surface area contributed by atoms with E-state index in [4.69, 9.17) is 24.2 Å². The first-order valence-electron chi connectivity index (χ1n) is 14.9. The Morgan fingerprint density at radius 3 is 2.45 bits per heavy atom. The van der Waals surface area contributed by atoms with Gasteiger partial charge in [0.2, 0.25) is 5.95 Å². The summed E-state index contributed by atoms with van der Waals surface area (Å²) in [6.07, 6.45) is 5.72. The minimum atomic E-state index is -0.595. The third kappa shape index (κ3) is 8.04. The molecule has 0 radical (unpaired) electrons. The van der Waals surface area contributed by atoms with Crippen molar-refractivity contribution in [2.75, 3.05) is 26.6 Å². The number of alkyl carbamates (subject to hydrolysis) is 1. The second-order valence-corrected chi connectivity index (χ2v) is 12.3. The van der Waals surface area contributed by atoms with Crippen molar-refractivity contribution in [1.82, 2.24) is 30.0 Å². The predicted octanol–water partition coefficient (Wildman–Crippen LogP) is 4.90. The predicted molar refractivity (Wildman–Crippen MR) is 168 cm³/mol. The van der Waals surface area contributed by atoms with E-state index in [9.17, 15) is 9.59 Å². The molecule has 12 nitrogen and oxygen atoms in total. The van der Waals surface area contributed by atoms with E-state index in [1.165, 1.54) is 0 Å². The Bertz CT molecular complexity index is 1470. The molecule has 44 heavy (non-hydrogen) atoms. The number of rotatable bonds is 11. The molecule has 1 amide bonds. The van der Waals surface area contributed by atoms with Gasteiger partial charge in [-0.25, -0.2) is 14.8 Å². The number of amides is 1. The number of aryl methyl sites for hydroxylation is 1. The molecule has 0 saturated heterocycles. The van der Waals surface area contributed by atoms with Crippen molar-refractivity contribution >= 4 is 18.3 Å². The largest absolute Gasteiger partial charge is 0.497 e. The highest BCUT2D eigenvalue weighted by Gasteiger charge is 2.30. The molecule has 1 saturated carbocycles. The van der Waals surface area contributed by atoms with E-state index >= 15 is 0 Å². The SMILES string of the molecule is COc1ccc(CN(C)Cc2nc(NC3CCCCC3NC(=O)OC(C)(C)C)nc(-c3cnn(C)c3C)c2C=O)c(OC)c1. The van der Waals surface area contributed by atoms with E-state index in [0.29, 0.717) is 47.5 Å². The van der Waals surface area contributed by atoms with Crippen molar-refractivity contribution in [1.29, 1.82) is 0 Å². The lowest BCUT2D eigenvalue weighted by molar-refractivity contribution is 0.0488. The van der Waals surface area contributed by atoms with Gasteiger partial charge in [-0.15, -0.1) is 0 Å². The minimum Gasteiger partial charge on any atom is -0.497 e. The Kier molecular flexibility index (Phi) is 10.5. The number of hydrogen-bond acceptors (Lipinski definition) is 10. The quantitative estimate of drug-likeness (QED) is 0.290. The highest BCUT2D eigenvalue weighted by molar-refractivity contribution is 5.88. The lowest BCUT2D eigenvalue weighted by Crippen LogP contribution is -2.50. The molecule has 1 aliphatic rings. The first-order chi connectivity index (χ1) is 20.9. The normalized spacial score (nSPS) is 16.8. The summed E-state index contributed by atoms with van der Waals surface area (Å²) in [6, 6.07) is 5.43. The molecular weight excluding hydrogens is 562 g/mol. The summed E-state index contributed by atoms with van der Waals surface area (Å²) in [5.74, 6) is 1.81. The first kappa shape index (κ1) is 32.7. The number of carbonyl (C=O) groups excluding carboxylic acids is 2. The topological polar surface area (TPSA) is 133 Å². The Balaban J connectivity index is 1.66. The molecule has 2 heterocycles. The fourth-order valence-corrected chi connectivity index (χ4v) is 5.45. The molecule has 3 aromatic rings. The Labute approximate surface area is 259 Å². The van der Waals surface area contributed by atoms with Gasteiger partial charge in [-0.05, 0) is 53.7 Å². The number of ether oxygens (including phenoxy) is 3. The Morgan fingerprint density at radius 1 is 1.11 bits per heavy atom. The fourth-order valence-electron chi connectivity index (χ4n) is 5.45. The lowest BCUT2D eigenvalue weighted by Gasteiger charge is -2.33. The van der Waals surface area contributed by atoms with Gasteiger partial charge in [0.25, 0.3) is 0 Å². The van der Waals surface area contributed by atoms with Gasteiger partial charge >= 0.3 is 6.09 Å². The van der Waals surface area contributed by atoms with Crippen molar-refractivity contribution < 1.29 is 23.8 Å². The number of benzene rings is 1. The minimum absolute atomic E-state index is 0.115. The van der Waals surface area contributed by atoms with Gasteiger partial charge < -0.3 is 24.8 Å². The van der Waals surface area contributed by atoms with Crippen molar-refractivity contribution in [2.24, 2.45) is 7.05 Å². The van der Waals surface area contributed by atoms with Crippen LogP contribution in [0.25, 0.3) is 11.3 Å². The van der Waals surface area contributed by atoms with Crippen LogP contribution < -0.4 is 20.1 Å². The zero-order valence-corrected chi connectivity index (χ0v) is 27.1. The van der Waals surface area contributed by atoms with Crippen LogP contribution in [0.3, 0.4) is 0 Å². The zero-order valence-electron chi connectivity index (χ0n) is 27.1. The Hall–Kier alpha value is -4.19. The van der Waals surface area contributed by atoms with Crippen LogP contribution in [-0.2, 0) is 24.9 Å². The maximum atomic E-state index is 12.6. The Morgan fingerprint density at radius 2 is 1.84 bits per heavy atom. The molecule has 0 aliphatic heterocycles. The third-order valence-corrected chi connectivity index (χ3v) is 7.77. The van der Waals surface area contributed by atoms with E-state index in [2.05, 4.69) is 20.6 Å². The van der Waals surface area contributed by atoms with Crippen molar-refractivity contribution in [3.8, 4) is 22.8 Å². The van der Waals surface area contributed by atoms with Crippen LogP contribution in [0.4, 0.5) is 10.7 Å². The van der Waals surface area contributed by atoms with E-state index in [0.717, 1.165) is 48.8 Å². The van der Waals surface area contributed by atoms with Crippen LogP contribution in [0.2, 0.25) is 0 Å². The monoisotopic (exact) mass is 607 g/mol. The highest BCUT2D eigenvalue weighted by Crippen LogP contribution is 2.30. The van der Waals surface area contributed by atoms with Crippen LogP contribution in [-0.4, -0.2) is 76.0 Å². The fraction of sp³-hybridized carbons (Fsp3) is 0.531. The van der Waals surface area contributed by atoms with Gasteiger partial charge in [-0.2, -0.15) is 5.10 Å². The molecule has 2 N–H and O–H groups in total. The molecule has 1 aromatic carbocycles. The number of hydrogen-bond donors (Lipinski definition) is 2. The number of anilines is 1. The maximum Gasteiger partial charge on any atom is 0.407 e. The van der Waals surface area contributed by atoms with Gasteiger partial charge in [0.15, 0.2) is 6.29 Å². The summed E-state index contributed by atoms with van der Waals surface area (Å²) >= 11 is 0. The summed E-state index contributed by atoms with van der Waals surface area (Å²) in [6.45, 7) is 8.39. The molecule has 2 unspecified atom stereocenters. The molecule has 4 rings (SSSR count). The molecule has 2 aromatic heterocycles. The van der Waals surface area contributed by atoms with Gasteiger partial charge in [0.05, 0.1) is 43.4 Å². The van der Waals surface area contributed by atoms with Gasteiger partial charge in [-0.1, -0.05) is 18.9 Å². The van der Waals surface area contributed by atoms with E-state index < -0.39 is 11.7 Å². The van der Waals surface area contributed by atoms with Crippen LogP contribution >= 0.6 is 0 Å². The zero-order chi connectivity index (χ0) is 32.0. The second kappa shape index (κ2) is 14.1. The number of nitrogens with zero attached hydrogens (tertiary/aromatic N) is 5. The molecule has 238 valence electrons. The number of nitrogens with one attached hydrogen (secondary N) is 2. The maximum absolute atomic E-state index is 12.6. The third-order valence-electron chi connectivity index (χ3n) is 7.77. The summed E-state index contributed by atoms with van der Waals surface area (Å²) in [7, 11) is 7.06. The summed E-state index contributed by atoms with van der Waals surface area (Å²) in [5, 5.41) is 10.9. The van der Waals surface area contributed by atoms with Gasteiger partial charge in [0, 0.05) is 49.1 Å². The van der Waals surface area contributed by atoms with Crippen molar-refractivity contribution in [2.45, 2.75) is 84.2 Å². The van der Waals surface area contributed by atoms with Gasteiger partial charge in [0.1, 0.15) is 17.1 Å². The summed E-state index contributed by atoms with van der Waals surface area (Å²) in [4.78, 5) is 37.0. The van der Waals surface area contributed by atoms with Crippen molar-refractivity contribution in [3.05, 3.63) is 46.9 Å². The molecule has 2 atom stereocenters. The summed E-state index contributed by atoms with van der Waals surface area (Å²) < 4.78 is 18.2. The molecular formula is C32H45N7O5. The van der Waals surface area contributed by atoms with E-state index in [1.807, 2.05) is 60.0 Å². The van der Waals surface area contributed by atoms with Crippen LogP contribution in [0.1, 0.15) is 73.8 Å². The highest BCUT2D eigenvalue weighted by atomic mass is 16.6. The lowest BCUT2D eigenvalue weighted by atomic mass is 9.90. The molecule has 0 bridgehead atoms. The average Bonchev–Trinajstić information content (AvgIpc) is 3.30. The van der Waals surface area contributed by atoms with Crippen LogP contribution in [0, 0.1) is 6.92 Å². The van der Waals surface area contributed by atoms with Crippen molar-refractivity contribution in [3.63, 3.8) is 0 Å². The smallest absolute Gasteiger partial charge is 0.407 e. The number of methoxy groups -OCH3 is 2. The van der Waals surface area contributed by atoms with E-state index in [1.54, 1.807) is 25.1 Å². The average molecular weight is 608 g/mol. The summed E-state index contributed by atoms with van der Waals surface area (Å²) in [5.41, 5.74) is 3.52. The standard InChI is InChI=1S/C32H45N7O5/c1-20-23(16-33-39(20)6)29-24(19-40)27(18-38(5)17-21-13-14-22(42-7)15-28(21)43-8)35-30(37-29)34-25-11-9-10-12-26(25)36-31(41)44-32(2,3)4/h13-16,19,25-26H,9-12,17-18H2,1-8H3,(H,36,41)(H,34,35,37). The number of carbonyl (C=O) groups is 2. The van der Waals surface area contributed by atoms with Gasteiger partial charge in [-0.3, -0.25) is 14.4 Å². The van der Waals surface area contributed by atoms with E-state index in [-0.39, 0.29) is 12.1 Å². The number of aldehydes is 1. The number of aromatic nitrogens is 4.